The summed E-state index contributed by atoms with van der Waals surface area (Å²) in [5.74, 6) is 0. The van der Waals surface area contributed by atoms with Crippen molar-refractivity contribution in [1.82, 2.24) is 0 Å². The highest BCUT2D eigenvalue weighted by molar-refractivity contribution is 4.82. The Bertz CT molecular complexity index is 196. The third kappa shape index (κ3) is 11.7. The highest BCUT2D eigenvalue weighted by Gasteiger charge is 2.22. The first-order valence-corrected chi connectivity index (χ1v) is 9.08. The Morgan fingerprint density at radius 1 is 0.650 bits per heavy atom. The normalized spacial score (nSPS) is 14.4. The molecule has 0 radical (unpaired) electrons. The summed E-state index contributed by atoms with van der Waals surface area (Å²) in [5, 5.41) is 9.43. The lowest BCUT2D eigenvalue weighted by molar-refractivity contribution is 0.172. The van der Waals surface area contributed by atoms with Crippen LogP contribution in [0.15, 0.2) is 0 Å². The van der Waals surface area contributed by atoms with Crippen LogP contribution in [0.2, 0.25) is 0 Å². The molecule has 0 rings (SSSR count). The van der Waals surface area contributed by atoms with Gasteiger partial charge in [0.1, 0.15) is 0 Å². The summed E-state index contributed by atoms with van der Waals surface area (Å²) in [5.41, 5.74) is 5.93. The summed E-state index contributed by atoms with van der Waals surface area (Å²) in [6, 6.07) is 0. The second-order valence-corrected chi connectivity index (χ2v) is 6.56. The van der Waals surface area contributed by atoms with Crippen molar-refractivity contribution in [2.24, 2.45) is 5.73 Å². The predicted octanol–water partition coefficient (Wildman–Crippen LogP) is 5.18. The molecule has 0 aromatic rings. The van der Waals surface area contributed by atoms with E-state index >= 15 is 0 Å². The van der Waals surface area contributed by atoms with Crippen molar-refractivity contribution in [3.63, 3.8) is 0 Å². The molecule has 0 spiro atoms. The van der Waals surface area contributed by atoms with E-state index in [4.69, 9.17) is 5.73 Å². The van der Waals surface area contributed by atoms with Gasteiger partial charge < -0.3 is 10.8 Å². The van der Waals surface area contributed by atoms with Gasteiger partial charge in [0.05, 0.1) is 6.61 Å². The van der Waals surface area contributed by atoms with Gasteiger partial charge in [-0.25, -0.2) is 0 Å². The van der Waals surface area contributed by atoms with E-state index in [1.165, 1.54) is 64.2 Å². The third-order valence-corrected chi connectivity index (χ3v) is 4.37. The first kappa shape index (κ1) is 19.9. The van der Waals surface area contributed by atoms with E-state index in [0.717, 1.165) is 25.7 Å². The topological polar surface area (TPSA) is 46.2 Å². The summed E-state index contributed by atoms with van der Waals surface area (Å²) in [7, 11) is 0. The number of hydrogen-bond donors (Lipinski definition) is 2. The molecule has 0 saturated carbocycles. The van der Waals surface area contributed by atoms with Gasteiger partial charge in [0.2, 0.25) is 0 Å². The van der Waals surface area contributed by atoms with Crippen molar-refractivity contribution in [3.05, 3.63) is 0 Å². The van der Waals surface area contributed by atoms with Crippen LogP contribution in [0.3, 0.4) is 0 Å². The summed E-state index contributed by atoms with van der Waals surface area (Å²) in [6.45, 7) is 4.59. The van der Waals surface area contributed by atoms with Crippen LogP contribution in [0.25, 0.3) is 0 Å². The van der Waals surface area contributed by atoms with Crippen LogP contribution in [0.5, 0.6) is 0 Å². The van der Waals surface area contributed by atoms with Gasteiger partial charge in [0, 0.05) is 5.54 Å². The van der Waals surface area contributed by atoms with Crippen molar-refractivity contribution in [2.45, 2.75) is 109 Å². The minimum Gasteiger partial charge on any atom is -0.394 e. The quantitative estimate of drug-likeness (QED) is 0.407. The summed E-state index contributed by atoms with van der Waals surface area (Å²) >= 11 is 0. The van der Waals surface area contributed by atoms with Crippen LogP contribution >= 0.6 is 0 Å². The molecule has 20 heavy (non-hydrogen) atoms. The Labute approximate surface area is 127 Å². The Balaban J connectivity index is 3.37. The second kappa shape index (κ2) is 13.9. The fraction of sp³-hybridized carbons (Fsp3) is 1.00. The van der Waals surface area contributed by atoms with Crippen LogP contribution in [0.4, 0.5) is 0 Å². The molecule has 2 heteroatoms. The molecule has 1 atom stereocenters. The Kier molecular flexibility index (Phi) is 13.8. The van der Waals surface area contributed by atoms with E-state index in [1.54, 1.807) is 0 Å². The zero-order valence-corrected chi connectivity index (χ0v) is 14.1. The maximum atomic E-state index is 9.43. The molecule has 0 aliphatic rings. The highest BCUT2D eigenvalue weighted by Crippen LogP contribution is 2.19. The third-order valence-electron chi connectivity index (χ3n) is 4.37. The molecule has 0 heterocycles. The number of hydrogen-bond acceptors (Lipinski definition) is 2. The average molecular weight is 286 g/mol. The first-order chi connectivity index (χ1) is 9.68. The van der Waals surface area contributed by atoms with Crippen LogP contribution in [-0.4, -0.2) is 17.3 Å². The average Bonchev–Trinajstić information content (AvgIpc) is 2.47. The van der Waals surface area contributed by atoms with Gasteiger partial charge in [0.15, 0.2) is 0 Å². The van der Waals surface area contributed by atoms with Gasteiger partial charge in [-0.05, 0) is 12.8 Å². The highest BCUT2D eigenvalue weighted by atomic mass is 16.3. The molecule has 1 unspecified atom stereocenters. The van der Waals surface area contributed by atoms with Crippen LogP contribution in [0, 0.1) is 0 Å². The summed E-state index contributed by atoms with van der Waals surface area (Å²) < 4.78 is 0. The Hall–Kier alpha value is -0.0800. The minimum absolute atomic E-state index is 0.143. The van der Waals surface area contributed by atoms with Gasteiger partial charge in [0.25, 0.3) is 0 Å². The number of unbranched alkanes of at least 4 members (excludes halogenated alkanes) is 10. The van der Waals surface area contributed by atoms with Gasteiger partial charge >= 0.3 is 0 Å². The predicted molar refractivity (Wildman–Crippen MR) is 90.0 cm³/mol. The lowest BCUT2D eigenvalue weighted by Gasteiger charge is -2.27. The van der Waals surface area contributed by atoms with Crippen LogP contribution in [-0.2, 0) is 0 Å². The molecule has 2 nitrogen and oxygen atoms in total. The summed E-state index contributed by atoms with van der Waals surface area (Å²) in [6.07, 6.45) is 17.8. The zero-order valence-electron chi connectivity index (χ0n) is 14.1. The number of rotatable bonds is 15. The van der Waals surface area contributed by atoms with E-state index in [0.29, 0.717) is 0 Å². The molecule has 0 fully saturated rings. The van der Waals surface area contributed by atoms with Gasteiger partial charge in [-0.3, -0.25) is 0 Å². The van der Waals surface area contributed by atoms with Gasteiger partial charge in [-0.2, -0.15) is 0 Å². The standard InChI is InChI=1S/C18H39NO/c1-3-5-7-8-9-10-11-12-13-14-16-18(19,17-20)15-6-4-2/h20H,3-17,19H2,1-2H3. The van der Waals surface area contributed by atoms with Crippen molar-refractivity contribution in [1.29, 1.82) is 0 Å². The SMILES string of the molecule is CCCCCCCCCCCCC(N)(CO)CCCC. The van der Waals surface area contributed by atoms with Gasteiger partial charge in [-0.15, -0.1) is 0 Å². The molecule has 0 aliphatic heterocycles. The van der Waals surface area contributed by atoms with Crippen LogP contribution in [0.1, 0.15) is 104 Å². The minimum atomic E-state index is -0.309. The number of aliphatic hydroxyl groups excluding tert-OH is 1. The summed E-state index contributed by atoms with van der Waals surface area (Å²) in [4.78, 5) is 0. The van der Waals surface area contributed by atoms with E-state index in [9.17, 15) is 5.11 Å². The zero-order chi connectivity index (χ0) is 15.1. The van der Waals surface area contributed by atoms with E-state index < -0.39 is 0 Å². The van der Waals surface area contributed by atoms with Crippen molar-refractivity contribution < 1.29 is 5.11 Å². The molecule has 0 aliphatic carbocycles. The number of nitrogens with two attached hydrogens (primary N) is 1. The molecule has 3 N–H and O–H groups in total. The maximum absolute atomic E-state index is 9.43. The van der Waals surface area contributed by atoms with Crippen molar-refractivity contribution in [3.8, 4) is 0 Å². The lowest BCUT2D eigenvalue weighted by Crippen LogP contribution is -2.43. The molecule has 122 valence electrons. The Morgan fingerprint density at radius 2 is 1.05 bits per heavy atom. The molecule has 0 aromatic heterocycles. The molecular weight excluding hydrogens is 246 g/mol. The van der Waals surface area contributed by atoms with Crippen molar-refractivity contribution >= 4 is 0 Å². The van der Waals surface area contributed by atoms with E-state index in [2.05, 4.69) is 13.8 Å². The van der Waals surface area contributed by atoms with E-state index in [1.807, 2.05) is 0 Å². The number of aliphatic hydroxyl groups is 1. The molecule has 0 saturated heterocycles. The van der Waals surface area contributed by atoms with E-state index in [-0.39, 0.29) is 12.1 Å². The van der Waals surface area contributed by atoms with Gasteiger partial charge in [-0.1, -0.05) is 90.9 Å². The molecular formula is C18H39NO. The fourth-order valence-electron chi connectivity index (χ4n) is 2.78. The molecule has 0 bridgehead atoms. The second-order valence-electron chi connectivity index (χ2n) is 6.56. The van der Waals surface area contributed by atoms with Crippen molar-refractivity contribution in [2.75, 3.05) is 6.61 Å². The monoisotopic (exact) mass is 285 g/mol. The van der Waals surface area contributed by atoms with Crippen LogP contribution < -0.4 is 5.73 Å². The molecule has 0 aromatic carbocycles. The molecule has 0 amide bonds. The lowest BCUT2D eigenvalue weighted by atomic mass is 9.88. The maximum Gasteiger partial charge on any atom is 0.0611 e. The first-order valence-electron chi connectivity index (χ1n) is 9.08. The fourth-order valence-corrected chi connectivity index (χ4v) is 2.78. The largest absolute Gasteiger partial charge is 0.394 e. The smallest absolute Gasteiger partial charge is 0.0611 e. The Morgan fingerprint density at radius 3 is 1.50 bits per heavy atom.